The molecule has 0 saturated heterocycles. The summed E-state index contributed by atoms with van der Waals surface area (Å²) >= 11 is 6.25. The molecule has 0 atom stereocenters. The van der Waals surface area contributed by atoms with E-state index >= 15 is 0 Å². The Kier molecular flexibility index (Phi) is 4.49. The van der Waals surface area contributed by atoms with Crippen LogP contribution < -0.4 is 5.32 Å². The van der Waals surface area contributed by atoms with E-state index in [0.717, 1.165) is 23.7 Å². The summed E-state index contributed by atoms with van der Waals surface area (Å²) in [5, 5.41) is 4.95. The van der Waals surface area contributed by atoms with Crippen LogP contribution in [0.5, 0.6) is 0 Å². The van der Waals surface area contributed by atoms with Gasteiger partial charge in [0, 0.05) is 17.6 Å². The number of carbonyl (C=O) groups excluding carboxylic acids is 1. The van der Waals surface area contributed by atoms with Crippen LogP contribution in [-0.4, -0.2) is 16.5 Å². The second kappa shape index (κ2) is 6.52. The third kappa shape index (κ3) is 3.41. The summed E-state index contributed by atoms with van der Waals surface area (Å²) in [5.41, 5.74) is 0.940. The second-order valence-corrected chi connectivity index (χ2v) is 6.28. The van der Waals surface area contributed by atoms with Gasteiger partial charge in [-0.05, 0) is 25.0 Å². The van der Waals surface area contributed by atoms with Gasteiger partial charge in [0.1, 0.15) is 6.54 Å². The number of rotatable bonds is 3. The van der Waals surface area contributed by atoms with E-state index in [1.165, 1.54) is 25.7 Å². The van der Waals surface area contributed by atoms with Crippen LogP contribution in [0.3, 0.4) is 0 Å². The number of nitrogens with one attached hydrogen (secondary N) is 1. The van der Waals surface area contributed by atoms with Gasteiger partial charge in [0.15, 0.2) is 0 Å². The van der Waals surface area contributed by atoms with Crippen molar-refractivity contribution in [2.75, 3.05) is 0 Å². The smallest absolute Gasteiger partial charge is 0.240 e. The molecule has 0 bridgehead atoms. The van der Waals surface area contributed by atoms with E-state index in [-0.39, 0.29) is 5.91 Å². The molecule has 1 heterocycles. The fourth-order valence-electron chi connectivity index (χ4n) is 3.20. The number of hydrogen-bond acceptors (Lipinski definition) is 1. The van der Waals surface area contributed by atoms with Crippen LogP contribution in [0.4, 0.5) is 0 Å². The summed E-state index contributed by atoms with van der Waals surface area (Å²) in [6.07, 6.45) is 9.20. The number of carbonyl (C=O) groups is 1. The topological polar surface area (TPSA) is 34.0 Å². The molecule has 2 aromatic rings. The fraction of sp³-hybridized carbons (Fsp3) is 0.471. The number of aromatic nitrogens is 1. The summed E-state index contributed by atoms with van der Waals surface area (Å²) in [6, 6.07) is 8.16. The molecule has 3 rings (SSSR count). The summed E-state index contributed by atoms with van der Waals surface area (Å²) in [6.45, 7) is 0.337. The number of hydrogen-bond donors (Lipinski definition) is 1. The molecule has 1 aromatic heterocycles. The average Bonchev–Trinajstić information content (AvgIpc) is 2.69. The number of fused-ring (bicyclic) bond motifs is 1. The number of nitrogens with zero attached hydrogens (tertiary/aromatic N) is 1. The van der Waals surface area contributed by atoms with Gasteiger partial charge in [-0.25, -0.2) is 0 Å². The van der Waals surface area contributed by atoms with Gasteiger partial charge in [-0.1, -0.05) is 49.4 Å². The normalized spacial score (nSPS) is 16.8. The van der Waals surface area contributed by atoms with E-state index in [9.17, 15) is 4.79 Å². The molecule has 0 aliphatic heterocycles. The Morgan fingerprint density at radius 1 is 1.19 bits per heavy atom. The quantitative estimate of drug-likeness (QED) is 0.850. The predicted molar refractivity (Wildman–Crippen MR) is 86.6 cm³/mol. The van der Waals surface area contributed by atoms with Gasteiger partial charge in [0.25, 0.3) is 0 Å². The van der Waals surface area contributed by atoms with E-state index in [1.807, 2.05) is 35.0 Å². The summed E-state index contributed by atoms with van der Waals surface area (Å²) in [4.78, 5) is 12.3. The van der Waals surface area contributed by atoms with Crippen LogP contribution >= 0.6 is 11.6 Å². The maximum absolute atomic E-state index is 12.3. The molecule has 1 aliphatic rings. The van der Waals surface area contributed by atoms with Gasteiger partial charge in [-0.3, -0.25) is 4.79 Å². The number of amides is 1. The van der Waals surface area contributed by atoms with Crippen molar-refractivity contribution in [1.29, 1.82) is 0 Å². The number of para-hydroxylation sites is 1. The lowest BCUT2D eigenvalue weighted by Gasteiger charge is -2.16. The first-order valence-corrected chi connectivity index (χ1v) is 8.14. The minimum Gasteiger partial charge on any atom is -0.352 e. The Labute approximate surface area is 130 Å². The van der Waals surface area contributed by atoms with Gasteiger partial charge < -0.3 is 9.88 Å². The van der Waals surface area contributed by atoms with Gasteiger partial charge in [-0.15, -0.1) is 0 Å². The molecule has 3 nitrogen and oxygen atoms in total. The SMILES string of the molecule is O=C(Cn1ccc2cccc(Cl)c21)NC1CCCCCC1. The molecule has 1 aromatic carbocycles. The van der Waals surface area contributed by atoms with Crippen molar-refractivity contribution in [1.82, 2.24) is 9.88 Å². The van der Waals surface area contributed by atoms with Crippen molar-refractivity contribution in [3.8, 4) is 0 Å². The molecule has 4 heteroatoms. The first-order chi connectivity index (χ1) is 10.2. The second-order valence-electron chi connectivity index (χ2n) is 5.88. The zero-order chi connectivity index (χ0) is 14.7. The summed E-state index contributed by atoms with van der Waals surface area (Å²) in [5.74, 6) is 0.0827. The molecule has 1 saturated carbocycles. The van der Waals surface area contributed by atoms with Crippen molar-refractivity contribution in [2.45, 2.75) is 51.1 Å². The Hall–Kier alpha value is -1.48. The molecule has 0 unspecified atom stereocenters. The largest absolute Gasteiger partial charge is 0.352 e. The van der Waals surface area contributed by atoms with Crippen LogP contribution in [-0.2, 0) is 11.3 Å². The summed E-state index contributed by atoms with van der Waals surface area (Å²) < 4.78 is 1.93. The van der Waals surface area contributed by atoms with Gasteiger partial charge in [0.2, 0.25) is 5.91 Å². The fourth-order valence-corrected chi connectivity index (χ4v) is 3.49. The zero-order valence-electron chi connectivity index (χ0n) is 12.1. The van der Waals surface area contributed by atoms with Crippen LogP contribution in [0.25, 0.3) is 10.9 Å². The Bertz CT molecular complexity index is 627. The number of halogens is 1. The van der Waals surface area contributed by atoms with Crippen molar-refractivity contribution < 1.29 is 4.79 Å². The first-order valence-electron chi connectivity index (χ1n) is 7.77. The van der Waals surface area contributed by atoms with Gasteiger partial charge in [-0.2, -0.15) is 0 Å². The lowest BCUT2D eigenvalue weighted by molar-refractivity contribution is -0.122. The third-order valence-electron chi connectivity index (χ3n) is 4.27. The minimum atomic E-state index is 0.0827. The van der Waals surface area contributed by atoms with E-state index < -0.39 is 0 Å². The lowest BCUT2D eigenvalue weighted by atomic mass is 10.1. The van der Waals surface area contributed by atoms with Crippen molar-refractivity contribution >= 4 is 28.4 Å². The molecular formula is C17H21ClN2O. The van der Waals surface area contributed by atoms with Gasteiger partial charge >= 0.3 is 0 Å². The Balaban J connectivity index is 1.68. The molecule has 21 heavy (non-hydrogen) atoms. The zero-order valence-corrected chi connectivity index (χ0v) is 12.9. The van der Waals surface area contributed by atoms with Crippen molar-refractivity contribution in [3.05, 3.63) is 35.5 Å². The summed E-state index contributed by atoms with van der Waals surface area (Å²) in [7, 11) is 0. The molecule has 112 valence electrons. The lowest BCUT2D eigenvalue weighted by Crippen LogP contribution is -2.36. The van der Waals surface area contributed by atoms with Crippen molar-refractivity contribution in [2.24, 2.45) is 0 Å². The Morgan fingerprint density at radius 3 is 2.71 bits per heavy atom. The van der Waals surface area contributed by atoms with Crippen molar-refractivity contribution in [3.63, 3.8) is 0 Å². The predicted octanol–water partition coefficient (Wildman–Crippen LogP) is 4.13. The minimum absolute atomic E-state index is 0.0827. The highest BCUT2D eigenvalue weighted by Crippen LogP contribution is 2.24. The van der Waals surface area contributed by atoms with Crippen LogP contribution in [0.2, 0.25) is 5.02 Å². The van der Waals surface area contributed by atoms with Crippen LogP contribution in [0, 0.1) is 0 Å². The maximum atomic E-state index is 12.3. The molecular weight excluding hydrogens is 284 g/mol. The molecule has 1 N–H and O–H groups in total. The molecule has 0 spiro atoms. The number of benzene rings is 1. The van der Waals surface area contributed by atoms with Crippen LogP contribution in [0.15, 0.2) is 30.5 Å². The highest BCUT2D eigenvalue weighted by molar-refractivity contribution is 6.35. The standard InChI is InChI=1S/C17H21ClN2O/c18-15-9-5-6-13-10-11-20(17(13)15)12-16(21)19-14-7-3-1-2-4-8-14/h5-6,9-11,14H,1-4,7-8,12H2,(H,19,21). The van der Waals surface area contributed by atoms with Gasteiger partial charge in [0.05, 0.1) is 10.5 Å². The average molecular weight is 305 g/mol. The highest BCUT2D eigenvalue weighted by Gasteiger charge is 2.15. The maximum Gasteiger partial charge on any atom is 0.240 e. The van der Waals surface area contributed by atoms with E-state index in [1.54, 1.807) is 0 Å². The highest BCUT2D eigenvalue weighted by atomic mass is 35.5. The molecule has 1 amide bonds. The van der Waals surface area contributed by atoms with E-state index in [0.29, 0.717) is 17.6 Å². The molecule has 1 aliphatic carbocycles. The van der Waals surface area contributed by atoms with Crippen LogP contribution in [0.1, 0.15) is 38.5 Å². The van der Waals surface area contributed by atoms with E-state index in [4.69, 9.17) is 11.6 Å². The molecule has 0 radical (unpaired) electrons. The van der Waals surface area contributed by atoms with E-state index in [2.05, 4.69) is 5.32 Å². The monoisotopic (exact) mass is 304 g/mol. The first kappa shape index (κ1) is 14.5. The Morgan fingerprint density at radius 2 is 1.95 bits per heavy atom. The third-order valence-corrected chi connectivity index (χ3v) is 4.58. The molecule has 1 fully saturated rings.